The Balaban J connectivity index is 1.56. The maximum Gasteiger partial charge on any atom is 0.302 e. The molecule has 30 heavy (non-hydrogen) atoms. The van der Waals surface area contributed by atoms with Crippen molar-refractivity contribution in [1.82, 2.24) is 19.5 Å². The quantitative estimate of drug-likeness (QED) is 0.446. The molecule has 1 aliphatic carbocycles. The molecule has 2 heterocycles. The van der Waals surface area contributed by atoms with Crippen molar-refractivity contribution in [3.8, 4) is 11.3 Å². The number of aromatic nitrogens is 4. The number of nitrogens with zero attached hydrogens (tertiary/aromatic N) is 4. The second kappa shape index (κ2) is 7.54. The molecule has 0 aliphatic heterocycles. The number of imidazole rings is 1. The van der Waals surface area contributed by atoms with Gasteiger partial charge in [0.15, 0.2) is 5.65 Å². The van der Waals surface area contributed by atoms with Gasteiger partial charge in [0, 0.05) is 23.4 Å². The summed E-state index contributed by atoms with van der Waals surface area (Å²) in [5.41, 5.74) is 5.66. The molecule has 2 aromatic heterocycles. The van der Waals surface area contributed by atoms with Crippen LogP contribution in [0, 0.1) is 0 Å². The Bertz CT molecular complexity index is 1240. The van der Waals surface area contributed by atoms with Crippen LogP contribution in [0.3, 0.4) is 0 Å². The number of ether oxygens (including phenoxy) is 1. The predicted octanol–water partition coefficient (Wildman–Crippen LogP) is 4.79. The molecule has 2 aromatic carbocycles. The van der Waals surface area contributed by atoms with Crippen molar-refractivity contribution in [3.05, 3.63) is 77.3 Å². The smallest absolute Gasteiger partial charge is 0.302 e. The zero-order valence-electron chi connectivity index (χ0n) is 16.3. The summed E-state index contributed by atoms with van der Waals surface area (Å²) < 4.78 is 7.42. The Morgan fingerprint density at radius 2 is 1.87 bits per heavy atom. The van der Waals surface area contributed by atoms with Crippen molar-refractivity contribution in [2.75, 3.05) is 6.61 Å². The van der Waals surface area contributed by atoms with E-state index in [2.05, 4.69) is 31.7 Å². The number of hydrogen-bond acceptors (Lipinski definition) is 5. The molecule has 0 fully saturated rings. The van der Waals surface area contributed by atoms with E-state index in [0.29, 0.717) is 11.6 Å². The Morgan fingerprint density at radius 3 is 2.63 bits per heavy atom. The predicted molar refractivity (Wildman–Crippen MR) is 114 cm³/mol. The topological polar surface area (TPSA) is 69.9 Å². The van der Waals surface area contributed by atoms with Gasteiger partial charge in [-0.05, 0) is 29.7 Å². The first-order valence-corrected chi connectivity index (χ1v) is 10.2. The molecule has 0 bridgehead atoms. The number of halogens is 1. The largest absolute Gasteiger partial charge is 0.465 e. The SMILES string of the molecule is CC(=O)OC[C@H]1C[C@@H](n2cnc3c(-c4ccc(Cl)cc4)ncnc32)c2ccccc21. The van der Waals surface area contributed by atoms with Gasteiger partial charge < -0.3 is 9.30 Å². The first-order chi connectivity index (χ1) is 14.6. The van der Waals surface area contributed by atoms with E-state index in [1.54, 1.807) is 6.33 Å². The van der Waals surface area contributed by atoms with Gasteiger partial charge in [0.25, 0.3) is 0 Å². The molecule has 0 saturated heterocycles. The highest BCUT2D eigenvalue weighted by molar-refractivity contribution is 6.30. The summed E-state index contributed by atoms with van der Waals surface area (Å²) in [5, 5.41) is 0.677. The molecule has 4 aromatic rings. The maximum absolute atomic E-state index is 11.3. The standard InChI is InChI=1S/C23H19ClN4O2/c1-14(29)30-11-16-10-20(19-5-3-2-4-18(16)19)28-13-27-22-21(25-12-26-23(22)28)15-6-8-17(24)9-7-15/h2-9,12-13,16,20H,10-11H2,1H3/t16-,20-/m1/s1. The van der Waals surface area contributed by atoms with Crippen molar-refractivity contribution < 1.29 is 9.53 Å². The summed E-state index contributed by atoms with van der Waals surface area (Å²) in [7, 11) is 0. The number of benzene rings is 2. The van der Waals surface area contributed by atoms with Gasteiger partial charge in [-0.15, -0.1) is 0 Å². The highest BCUT2D eigenvalue weighted by Crippen LogP contribution is 2.43. The third-order valence-corrected chi connectivity index (χ3v) is 5.85. The highest BCUT2D eigenvalue weighted by atomic mass is 35.5. The number of esters is 1. The number of carbonyl (C=O) groups is 1. The third-order valence-electron chi connectivity index (χ3n) is 5.60. The van der Waals surface area contributed by atoms with E-state index >= 15 is 0 Å². The van der Waals surface area contributed by atoms with Gasteiger partial charge in [-0.3, -0.25) is 4.79 Å². The van der Waals surface area contributed by atoms with Gasteiger partial charge in [-0.2, -0.15) is 0 Å². The van der Waals surface area contributed by atoms with E-state index in [0.717, 1.165) is 28.8 Å². The minimum absolute atomic E-state index is 0.0692. The molecule has 0 N–H and O–H groups in total. The minimum Gasteiger partial charge on any atom is -0.465 e. The van der Waals surface area contributed by atoms with E-state index in [1.807, 2.05) is 42.7 Å². The number of carbonyl (C=O) groups excluding carboxylic acids is 1. The maximum atomic E-state index is 11.3. The van der Waals surface area contributed by atoms with Crippen LogP contribution in [-0.4, -0.2) is 32.1 Å². The molecule has 150 valence electrons. The Hall–Kier alpha value is -3.25. The molecule has 7 heteroatoms. The van der Waals surface area contributed by atoms with E-state index in [4.69, 9.17) is 16.3 Å². The summed E-state index contributed by atoms with van der Waals surface area (Å²) >= 11 is 6.03. The van der Waals surface area contributed by atoms with Gasteiger partial charge in [0.05, 0.1) is 19.0 Å². The summed E-state index contributed by atoms with van der Waals surface area (Å²) in [6.07, 6.45) is 4.22. The summed E-state index contributed by atoms with van der Waals surface area (Å²) in [4.78, 5) is 25.0. The summed E-state index contributed by atoms with van der Waals surface area (Å²) in [6, 6.07) is 15.9. The fourth-order valence-corrected chi connectivity index (χ4v) is 4.37. The molecule has 2 atom stereocenters. The highest BCUT2D eigenvalue weighted by Gasteiger charge is 2.33. The monoisotopic (exact) mass is 418 g/mol. The van der Waals surface area contributed by atoms with E-state index in [1.165, 1.54) is 18.1 Å². The normalized spacial score (nSPS) is 17.8. The molecule has 0 spiro atoms. The van der Waals surface area contributed by atoms with Crippen LogP contribution in [-0.2, 0) is 9.53 Å². The fraction of sp³-hybridized carbons (Fsp3) is 0.217. The third kappa shape index (κ3) is 3.23. The Kier molecular flexibility index (Phi) is 4.71. The summed E-state index contributed by atoms with van der Waals surface area (Å²) in [5.74, 6) is -0.116. The molecule has 0 amide bonds. The second-order valence-corrected chi connectivity index (χ2v) is 7.87. The average Bonchev–Trinajstić information content (AvgIpc) is 3.34. The van der Waals surface area contributed by atoms with Crippen LogP contribution in [0.15, 0.2) is 61.2 Å². The van der Waals surface area contributed by atoms with Crippen LogP contribution in [0.25, 0.3) is 22.4 Å². The van der Waals surface area contributed by atoms with Gasteiger partial charge in [0.1, 0.15) is 17.5 Å². The zero-order valence-corrected chi connectivity index (χ0v) is 17.1. The van der Waals surface area contributed by atoms with Crippen molar-refractivity contribution in [2.45, 2.75) is 25.3 Å². The van der Waals surface area contributed by atoms with Gasteiger partial charge in [-0.1, -0.05) is 48.0 Å². The van der Waals surface area contributed by atoms with Crippen LogP contribution >= 0.6 is 11.6 Å². The number of fused-ring (bicyclic) bond motifs is 2. The van der Waals surface area contributed by atoms with E-state index in [-0.39, 0.29) is 17.9 Å². The molecule has 0 saturated carbocycles. The lowest BCUT2D eigenvalue weighted by atomic mass is 10.0. The Morgan fingerprint density at radius 1 is 1.10 bits per heavy atom. The molecule has 5 rings (SSSR count). The molecule has 0 unspecified atom stereocenters. The molecule has 1 aliphatic rings. The molecular weight excluding hydrogens is 400 g/mol. The second-order valence-electron chi connectivity index (χ2n) is 7.43. The lowest BCUT2D eigenvalue weighted by molar-refractivity contribution is -0.141. The van der Waals surface area contributed by atoms with E-state index in [9.17, 15) is 4.79 Å². The molecule has 0 radical (unpaired) electrons. The van der Waals surface area contributed by atoms with Gasteiger partial charge in [-0.25, -0.2) is 15.0 Å². The van der Waals surface area contributed by atoms with E-state index < -0.39 is 0 Å². The lowest BCUT2D eigenvalue weighted by Crippen LogP contribution is -2.10. The van der Waals surface area contributed by atoms with Crippen molar-refractivity contribution in [1.29, 1.82) is 0 Å². The van der Waals surface area contributed by atoms with Crippen LogP contribution in [0.5, 0.6) is 0 Å². The zero-order chi connectivity index (χ0) is 20.7. The molecule has 6 nitrogen and oxygen atoms in total. The van der Waals surface area contributed by atoms with Crippen molar-refractivity contribution in [3.63, 3.8) is 0 Å². The number of rotatable bonds is 4. The number of hydrogen-bond donors (Lipinski definition) is 0. The van der Waals surface area contributed by atoms with Crippen molar-refractivity contribution in [2.24, 2.45) is 0 Å². The lowest BCUT2D eigenvalue weighted by Gasteiger charge is -2.15. The van der Waals surface area contributed by atoms with Crippen LogP contribution in [0.4, 0.5) is 0 Å². The Labute approximate surface area is 178 Å². The van der Waals surface area contributed by atoms with Gasteiger partial charge >= 0.3 is 5.97 Å². The van der Waals surface area contributed by atoms with Crippen LogP contribution < -0.4 is 0 Å². The van der Waals surface area contributed by atoms with Gasteiger partial charge in [0.2, 0.25) is 0 Å². The molecular formula is C23H19ClN4O2. The first kappa shape index (κ1) is 18.8. The minimum atomic E-state index is -0.260. The first-order valence-electron chi connectivity index (χ1n) is 9.77. The van der Waals surface area contributed by atoms with Crippen molar-refractivity contribution >= 4 is 28.7 Å². The summed E-state index contributed by atoms with van der Waals surface area (Å²) in [6.45, 7) is 1.82. The van der Waals surface area contributed by atoms with Crippen LogP contribution in [0.2, 0.25) is 5.02 Å². The van der Waals surface area contributed by atoms with Crippen LogP contribution in [0.1, 0.15) is 36.4 Å². The fourth-order valence-electron chi connectivity index (χ4n) is 4.25. The average molecular weight is 419 g/mol.